The molecule has 0 aliphatic heterocycles. The van der Waals surface area contributed by atoms with Gasteiger partial charge in [-0.25, -0.2) is 0 Å². The quantitative estimate of drug-likeness (QED) is 0.752. The van der Waals surface area contributed by atoms with Crippen LogP contribution in [0.1, 0.15) is 30.1 Å². The van der Waals surface area contributed by atoms with Crippen LogP contribution in [0.25, 0.3) is 0 Å². The minimum Gasteiger partial charge on any atom is -0.497 e. The summed E-state index contributed by atoms with van der Waals surface area (Å²) >= 11 is 4.87. The molecule has 0 aliphatic carbocycles. The summed E-state index contributed by atoms with van der Waals surface area (Å²) in [6, 6.07) is 4.96. The lowest BCUT2D eigenvalue weighted by atomic mass is 10.1. The number of ether oxygens (including phenoxy) is 2. The van der Waals surface area contributed by atoms with Crippen LogP contribution in [0.5, 0.6) is 11.5 Å². The van der Waals surface area contributed by atoms with Gasteiger partial charge in [0, 0.05) is 24.1 Å². The van der Waals surface area contributed by atoms with Crippen LogP contribution in [-0.2, 0) is 0 Å². The van der Waals surface area contributed by atoms with Crippen molar-refractivity contribution >= 4 is 23.1 Å². The number of nitrogens with two attached hydrogens (primary N) is 1. The maximum Gasteiger partial charge on any atom is 0.251 e. The number of nitrogens with one attached hydrogen (secondary N) is 1. The lowest BCUT2D eigenvalue weighted by molar-refractivity contribution is 0.0936. The van der Waals surface area contributed by atoms with E-state index in [1.54, 1.807) is 18.2 Å². The normalized spacial score (nSPS) is 11.6. The van der Waals surface area contributed by atoms with Gasteiger partial charge >= 0.3 is 0 Å². The van der Waals surface area contributed by atoms with Gasteiger partial charge in [-0.15, -0.1) is 0 Å². The van der Waals surface area contributed by atoms with Crippen molar-refractivity contribution in [3.63, 3.8) is 0 Å². The van der Waals surface area contributed by atoms with E-state index in [2.05, 4.69) is 5.32 Å². The zero-order valence-corrected chi connectivity index (χ0v) is 12.8. The van der Waals surface area contributed by atoms with Gasteiger partial charge in [-0.2, -0.15) is 0 Å². The zero-order valence-electron chi connectivity index (χ0n) is 11.9. The summed E-state index contributed by atoms with van der Waals surface area (Å²) in [5, 5.41) is 2.90. The smallest absolute Gasteiger partial charge is 0.251 e. The van der Waals surface area contributed by atoms with E-state index in [1.807, 2.05) is 6.92 Å². The molecule has 0 saturated heterocycles. The van der Waals surface area contributed by atoms with Gasteiger partial charge in [0.1, 0.15) is 11.5 Å². The van der Waals surface area contributed by atoms with E-state index < -0.39 is 0 Å². The Morgan fingerprint density at radius 3 is 2.25 bits per heavy atom. The molecule has 1 atom stereocenters. The minimum absolute atomic E-state index is 0.0720. The minimum atomic E-state index is -0.203. The molecular weight excluding hydrogens is 276 g/mol. The van der Waals surface area contributed by atoms with Crippen molar-refractivity contribution in [3.05, 3.63) is 23.8 Å². The number of amides is 1. The molecule has 0 spiro atoms. The number of hydrogen-bond donors (Lipinski definition) is 2. The Balaban J connectivity index is 2.87. The van der Waals surface area contributed by atoms with Crippen molar-refractivity contribution in [2.24, 2.45) is 5.73 Å². The molecule has 0 aliphatic rings. The second-order valence-corrected chi connectivity index (χ2v) is 4.87. The molecule has 6 heteroatoms. The molecule has 0 radical (unpaired) electrons. The van der Waals surface area contributed by atoms with Crippen LogP contribution < -0.4 is 20.5 Å². The fraction of sp³-hybridized carbons (Fsp3) is 0.429. The number of carbonyl (C=O) groups excluding carboxylic acids is 1. The first-order valence-electron chi connectivity index (χ1n) is 6.32. The number of methoxy groups -OCH3 is 2. The average molecular weight is 296 g/mol. The molecule has 1 amide bonds. The van der Waals surface area contributed by atoms with E-state index in [0.717, 1.165) is 6.42 Å². The van der Waals surface area contributed by atoms with Gasteiger partial charge in [-0.05, 0) is 18.6 Å². The molecule has 0 aromatic heterocycles. The summed E-state index contributed by atoms with van der Waals surface area (Å²) in [6.07, 6.45) is 1.24. The van der Waals surface area contributed by atoms with E-state index >= 15 is 0 Å². The summed E-state index contributed by atoms with van der Waals surface area (Å²) < 4.78 is 10.3. The first-order chi connectivity index (χ1) is 9.49. The Morgan fingerprint density at radius 1 is 1.30 bits per heavy atom. The van der Waals surface area contributed by atoms with E-state index in [-0.39, 0.29) is 11.9 Å². The first-order valence-corrected chi connectivity index (χ1v) is 6.73. The molecular formula is C14H20N2O3S. The summed E-state index contributed by atoms with van der Waals surface area (Å²) in [5.41, 5.74) is 5.99. The molecule has 20 heavy (non-hydrogen) atoms. The van der Waals surface area contributed by atoms with Crippen molar-refractivity contribution in [2.45, 2.75) is 25.8 Å². The van der Waals surface area contributed by atoms with Crippen molar-refractivity contribution in [1.82, 2.24) is 5.32 Å². The lowest BCUT2D eigenvalue weighted by Crippen LogP contribution is -2.37. The highest BCUT2D eigenvalue weighted by molar-refractivity contribution is 7.80. The topological polar surface area (TPSA) is 73.6 Å². The number of rotatable bonds is 7. The molecule has 1 unspecified atom stereocenters. The Morgan fingerprint density at radius 2 is 1.85 bits per heavy atom. The van der Waals surface area contributed by atoms with Crippen LogP contribution in [0.2, 0.25) is 0 Å². The second-order valence-electron chi connectivity index (χ2n) is 4.35. The molecule has 5 nitrogen and oxygen atoms in total. The predicted molar refractivity (Wildman–Crippen MR) is 82.5 cm³/mol. The van der Waals surface area contributed by atoms with Crippen LogP contribution in [0.4, 0.5) is 0 Å². The molecule has 1 aromatic rings. The average Bonchev–Trinajstić information content (AvgIpc) is 2.45. The van der Waals surface area contributed by atoms with Gasteiger partial charge in [-0.1, -0.05) is 19.1 Å². The summed E-state index contributed by atoms with van der Waals surface area (Å²) in [4.78, 5) is 12.6. The number of benzene rings is 1. The van der Waals surface area contributed by atoms with Gasteiger partial charge in [0.25, 0.3) is 5.91 Å². The Hall–Kier alpha value is -1.82. The number of thiocarbonyl (C=S) groups is 1. The highest BCUT2D eigenvalue weighted by Gasteiger charge is 2.15. The van der Waals surface area contributed by atoms with Crippen LogP contribution in [-0.4, -0.2) is 31.2 Å². The lowest BCUT2D eigenvalue weighted by Gasteiger charge is -2.17. The Bertz CT molecular complexity index is 469. The third-order valence-corrected chi connectivity index (χ3v) is 3.06. The molecule has 0 saturated carbocycles. The molecule has 3 N–H and O–H groups in total. The molecule has 0 heterocycles. The second kappa shape index (κ2) is 7.69. The van der Waals surface area contributed by atoms with Gasteiger partial charge in [-0.3, -0.25) is 4.79 Å². The SMILES string of the molecule is CCC(CC(N)=S)NC(=O)c1cc(OC)cc(OC)c1. The fourth-order valence-electron chi connectivity index (χ4n) is 1.75. The highest BCUT2D eigenvalue weighted by atomic mass is 32.1. The van der Waals surface area contributed by atoms with Gasteiger partial charge in [0.15, 0.2) is 0 Å². The monoisotopic (exact) mass is 296 g/mol. The third kappa shape index (κ3) is 4.70. The molecule has 1 rings (SSSR count). The maximum absolute atomic E-state index is 12.2. The van der Waals surface area contributed by atoms with Gasteiger partial charge in [0.05, 0.1) is 19.2 Å². The summed E-state index contributed by atoms with van der Waals surface area (Å²) in [5.74, 6) is 0.930. The van der Waals surface area contributed by atoms with Gasteiger partial charge < -0.3 is 20.5 Å². The fourth-order valence-corrected chi connectivity index (χ4v) is 1.95. The summed E-state index contributed by atoms with van der Waals surface area (Å²) in [7, 11) is 3.08. The van der Waals surface area contributed by atoms with E-state index in [1.165, 1.54) is 14.2 Å². The van der Waals surface area contributed by atoms with E-state index in [4.69, 9.17) is 27.4 Å². The highest BCUT2D eigenvalue weighted by Crippen LogP contribution is 2.22. The van der Waals surface area contributed by atoms with Crippen molar-refractivity contribution in [2.75, 3.05) is 14.2 Å². The number of carbonyl (C=O) groups is 1. The van der Waals surface area contributed by atoms with Crippen molar-refractivity contribution < 1.29 is 14.3 Å². The Labute approximate surface area is 124 Å². The zero-order chi connectivity index (χ0) is 15.1. The van der Waals surface area contributed by atoms with Crippen LogP contribution in [0.15, 0.2) is 18.2 Å². The van der Waals surface area contributed by atoms with E-state index in [0.29, 0.717) is 28.5 Å². The standard InChI is InChI=1S/C14H20N2O3S/c1-4-10(7-13(15)20)16-14(17)9-5-11(18-2)8-12(6-9)19-3/h5-6,8,10H,4,7H2,1-3H3,(H2,15,20)(H,16,17). The predicted octanol–water partition coefficient (Wildman–Crippen LogP) is 1.89. The van der Waals surface area contributed by atoms with E-state index in [9.17, 15) is 4.79 Å². The van der Waals surface area contributed by atoms with Crippen LogP contribution >= 0.6 is 12.2 Å². The summed E-state index contributed by atoms with van der Waals surface area (Å²) in [6.45, 7) is 1.97. The van der Waals surface area contributed by atoms with Crippen LogP contribution in [0, 0.1) is 0 Å². The van der Waals surface area contributed by atoms with Gasteiger partial charge in [0.2, 0.25) is 0 Å². The van der Waals surface area contributed by atoms with Crippen molar-refractivity contribution in [1.29, 1.82) is 0 Å². The largest absolute Gasteiger partial charge is 0.497 e. The van der Waals surface area contributed by atoms with Crippen LogP contribution in [0.3, 0.4) is 0 Å². The number of hydrogen-bond acceptors (Lipinski definition) is 4. The van der Waals surface area contributed by atoms with Crippen molar-refractivity contribution in [3.8, 4) is 11.5 Å². The molecule has 1 aromatic carbocycles. The third-order valence-electron chi connectivity index (χ3n) is 2.89. The molecule has 0 bridgehead atoms. The maximum atomic E-state index is 12.2. The molecule has 0 fully saturated rings. The Kier molecular flexibility index (Phi) is 6.24. The molecule has 110 valence electrons. The first kappa shape index (κ1) is 16.2.